The monoisotopic (exact) mass is 412 g/mol. The summed E-state index contributed by atoms with van der Waals surface area (Å²) in [7, 11) is 3.79. The van der Waals surface area contributed by atoms with Gasteiger partial charge in [0, 0.05) is 16.3 Å². The minimum Gasteiger partial charge on any atom is -0.334 e. The van der Waals surface area contributed by atoms with Gasteiger partial charge in [-0.3, -0.25) is 14.9 Å². The first kappa shape index (κ1) is 19.3. The Hall–Kier alpha value is -1.48. The molecule has 1 atom stereocenters. The first-order valence-electron chi connectivity index (χ1n) is 8.32. The number of amides is 2. The van der Waals surface area contributed by atoms with Crippen molar-refractivity contribution >= 4 is 51.2 Å². The van der Waals surface area contributed by atoms with Gasteiger partial charge in [-0.05, 0) is 39.9 Å². The maximum atomic E-state index is 12.6. The zero-order valence-corrected chi connectivity index (χ0v) is 17.3. The van der Waals surface area contributed by atoms with E-state index in [2.05, 4.69) is 10.3 Å². The van der Waals surface area contributed by atoms with Crippen molar-refractivity contribution in [1.29, 1.82) is 0 Å². The number of carbonyl (C=O) groups is 2. The second kappa shape index (κ2) is 8.04. The van der Waals surface area contributed by atoms with E-state index in [1.165, 1.54) is 17.5 Å². The number of rotatable bonds is 5. The van der Waals surface area contributed by atoms with Crippen LogP contribution in [-0.4, -0.2) is 53.8 Å². The van der Waals surface area contributed by atoms with Crippen LogP contribution in [-0.2, 0) is 4.79 Å². The number of thiazole rings is 1. The van der Waals surface area contributed by atoms with E-state index in [1.54, 1.807) is 11.3 Å². The number of anilines is 1. The Bertz CT molecular complexity index is 818. The second-order valence-electron chi connectivity index (χ2n) is 6.53. The van der Waals surface area contributed by atoms with E-state index in [0.717, 1.165) is 29.1 Å². The minimum atomic E-state index is -0.194. The third-order valence-corrected chi connectivity index (χ3v) is 6.41. The molecule has 1 aliphatic rings. The number of likely N-dealkylation sites (N-methyl/N-ethyl adjacent to an activating group) is 1. The highest BCUT2D eigenvalue weighted by Crippen LogP contribution is 2.37. The summed E-state index contributed by atoms with van der Waals surface area (Å²) in [5.74, 6) is -0.0628. The highest BCUT2D eigenvalue weighted by molar-refractivity contribution is 7.19. The third-order valence-electron chi connectivity index (χ3n) is 4.23. The van der Waals surface area contributed by atoms with Crippen LogP contribution in [0.3, 0.4) is 0 Å². The van der Waals surface area contributed by atoms with Crippen LogP contribution >= 0.6 is 34.3 Å². The lowest BCUT2D eigenvalue weighted by Crippen LogP contribution is -2.37. The molecule has 1 fully saturated rings. The molecule has 1 N–H and O–H groups in total. The van der Waals surface area contributed by atoms with E-state index in [1.807, 2.05) is 36.9 Å². The number of likely N-dealkylation sites (tertiary alicyclic amines) is 1. The third kappa shape index (κ3) is 4.25. The van der Waals surface area contributed by atoms with E-state index < -0.39 is 0 Å². The molecule has 26 heavy (non-hydrogen) atoms. The Labute approximate surface area is 165 Å². The van der Waals surface area contributed by atoms with Gasteiger partial charge in [0.05, 0.1) is 24.3 Å². The largest absolute Gasteiger partial charge is 0.334 e. The zero-order valence-electron chi connectivity index (χ0n) is 14.9. The highest BCUT2D eigenvalue weighted by Gasteiger charge is 2.32. The standard InChI is InChI=1S/C17H21ClN4O2S2/c1-10-11(16(24)20-17-19-8-14(18)26-17)7-13(25-10)12-5-4-6-22(12)15(23)9-21(2)3/h7-8,12H,4-6,9H2,1-3H3,(H,19,20,24)/t12-/m1/s1. The number of hydrogen-bond donors (Lipinski definition) is 1. The van der Waals surface area contributed by atoms with Crippen LogP contribution in [0.2, 0.25) is 4.34 Å². The van der Waals surface area contributed by atoms with Crippen LogP contribution in [0, 0.1) is 6.92 Å². The topological polar surface area (TPSA) is 65.5 Å². The molecule has 0 aromatic carbocycles. The molecule has 6 nitrogen and oxygen atoms in total. The first-order chi connectivity index (χ1) is 12.3. The smallest absolute Gasteiger partial charge is 0.258 e. The number of hydrogen-bond acceptors (Lipinski definition) is 6. The van der Waals surface area contributed by atoms with E-state index in [0.29, 0.717) is 21.6 Å². The first-order valence-corrected chi connectivity index (χ1v) is 10.3. The van der Waals surface area contributed by atoms with Gasteiger partial charge in [-0.1, -0.05) is 22.9 Å². The number of halogens is 1. The average molecular weight is 413 g/mol. The molecule has 3 rings (SSSR count). The van der Waals surface area contributed by atoms with Crippen LogP contribution in [0.1, 0.15) is 39.0 Å². The summed E-state index contributed by atoms with van der Waals surface area (Å²) in [6, 6.07) is 1.97. The van der Waals surface area contributed by atoms with Crippen LogP contribution in [0.25, 0.3) is 0 Å². The minimum absolute atomic E-state index is 0.0574. The molecule has 0 radical (unpaired) electrons. The molecule has 3 heterocycles. The summed E-state index contributed by atoms with van der Waals surface area (Å²) in [5.41, 5.74) is 0.628. The van der Waals surface area contributed by atoms with Crippen molar-refractivity contribution in [3.05, 3.63) is 31.9 Å². The molecule has 2 aromatic heterocycles. The Balaban J connectivity index is 1.76. The van der Waals surface area contributed by atoms with E-state index in [9.17, 15) is 9.59 Å². The van der Waals surface area contributed by atoms with E-state index in [4.69, 9.17) is 11.6 Å². The van der Waals surface area contributed by atoms with Crippen molar-refractivity contribution in [2.24, 2.45) is 0 Å². The van der Waals surface area contributed by atoms with Crippen molar-refractivity contribution in [2.75, 3.05) is 32.5 Å². The summed E-state index contributed by atoms with van der Waals surface area (Å²) in [5, 5.41) is 3.27. The normalized spacial score (nSPS) is 17.1. The van der Waals surface area contributed by atoms with E-state index in [-0.39, 0.29) is 17.9 Å². The zero-order chi connectivity index (χ0) is 18.8. The van der Waals surface area contributed by atoms with Crippen molar-refractivity contribution in [3.8, 4) is 0 Å². The molecule has 2 aromatic rings. The van der Waals surface area contributed by atoms with Gasteiger partial charge < -0.3 is 9.80 Å². The van der Waals surface area contributed by atoms with Gasteiger partial charge in [0.15, 0.2) is 5.13 Å². The van der Waals surface area contributed by atoms with Gasteiger partial charge in [0.1, 0.15) is 4.34 Å². The molecule has 1 saturated heterocycles. The average Bonchev–Trinajstić information content (AvgIpc) is 3.26. The maximum absolute atomic E-state index is 12.6. The second-order valence-corrected chi connectivity index (χ2v) is 9.48. The number of nitrogens with zero attached hydrogens (tertiary/aromatic N) is 3. The van der Waals surface area contributed by atoms with Crippen LogP contribution in [0.5, 0.6) is 0 Å². The molecule has 0 spiro atoms. The lowest BCUT2D eigenvalue weighted by atomic mass is 10.1. The SMILES string of the molecule is Cc1sc([C@H]2CCCN2C(=O)CN(C)C)cc1C(=O)Nc1ncc(Cl)s1. The quantitative estimate of drug-likeness (QED) is 0.814. The van der Waals surface area contributed by atoms with Gasteiger partial charge in [-0.25, -0.2) is 4.98 Å². The predicted octanol–water partition coefficient (Wildman–Crippen LogP) is 3.64. The summed E-state index contributed by atoms with van der Waals surface area (Å²) in [6.45, 7) is 3.10. The Morgan fingerprint density at radius 3 is 2.85 bits per heavy atom. The highest BCUT2D eigenvalue weighted by atomic mass is 35.5. The maximum Gasteiger partial charge on any atom is 0.258 e. The van der Waals surface area contributed by atoms with Crippen molar-refractivity contribution in [2.45, 2.75) is 25.8 Å². The predicted molar refractivity (Wildman–Crippen MR) is 106 cm³/mol. The van der Waals surface area contributed by atoms with Gasteiger partial charge in [0.25, 0.3) is 5.91 Å². The molecule has 0 unspecified atom stereocenters. The fraction of sp³-hybridized carbons (Fsp3) is 0.471. The van der Waals surface area contributed by atoms with Crippen molar-refractivity contribution in [1.82, 2.24) is 14.8 Å². The lowest BCUT2D eigenvalue weighted by Gasteiger charge is -2.25. The van der Waals surface area contributed by atoms with Gasteiger partial charge in [0.2, 0.25) is 5.91 Å². The fourth-order valence-electron chi connectivity index (χ4n) is 3.09. The number of aromatic nitrogens is 1. The van der Waals surface area contributed by atoms with Crippen LogP contribution < -0.4 is 5.32 Å². The number of nitrogens with one attached hydrogen (secondary N) is 1. The molecule has 1 aliphatic heterocycles. The Kier molecular flexibility index (Phi) is 5.96. The molecule has 0 bridgehead atoms. The molecule has 0 saturated carbocycles. The van der Waals surface area contributed by atoms with Gasteiger partial charge >= 0.3 is 0 Å². The van der Waals surface area contributed by atoms with Crippen molar-refractivity contribution < 1.29 is 9.59 Å². The molecule has 9 heteroatoms. The molecular formula is C17H21ClN4O2S2. The summed E-state index contributed by atoms with van der Waals surface area (Å²) in [4.78, 5) is 34.9. The Morgan fingerprint density at radius 1 is 1.42 bits per heavy atom. The summed E-state index contributed by atoms with van der Waals surface area (Å²) >= 11 is 8.67. The van der Waals surface area contributed by atoms with Gasteiger partial charge in [-0.2, -0.15) is 0 Å². The van der Waals surface area contributed by atoms with E-state index >= 15 is 0 Å². The number of thiophene rings is 1. The number of carbonyl (C=O) groups excluding carboxylic acids is 2. The van der Waals surface area contributed by atoms with Gasteiger partial charge in [-0.15, -0.1) is 11.3 Å². The van der Waals surface area contributed by atoms with Crippen molar-refractivity contribution in [3.63, 3.8) is 0 Å². The lowest BCUT2D eigenvalue weighted by molar-refractivity contribution is -0.132. The summed E-state index contributed by atoms with van der Waals surface area (Å²) < 4.78 is 0.532. The molecular weight excluding hydrogens is 392 g/mol. The molecule has 0 aliphatic carbocycles. The fourth-order valence-corrected chi connectivity index (χ4v) is 5.07. The Morgan fingerprint density at radius 2 is 2.19 bits per heavy atom. The van der Waals surface area contributed by atoms with Crippen LogP contribution in [0.15, 0.2) is 12.3 Å². The van der Waals surface area contributed by atoms with Crippen LogP contribution in [0.4, 0.5) is 5.13 Å². The summed E-state index contributed by atoms with van der Waals surface area (Å²) in [6.07, 6.45) is 3.43. The molecule has 140 valence electrons. The number of aryl methyl sites for hydroxylation is 1. The molecule has 2 amide bonds.